The average Bonchev–Trinajstić information content (AvgIpc) is 2.94. The quantitative estimate of drug-likeness (QED) is 0.640. The van der Waals surface area contributed by atoms with E-state index in [9.17, 15) is 4.79 Å². The lowest BCUT2D eigenvalue weighted by atomic mass is 10.2. The summed E-state index contributed by atoms with van der Waals surface area (Å²) >= 11 is 1.26. The van der Waals surface area contributed by atoms with Crippen LogP contribution in [0.5, 0.6) is 0 Å². The molecule has 0 aliphatic heterocycles. The van der Waals surface area contributed by atoms with Crippen molar-refractivity contribution in [3.8, 4) is 11.4 Å². The number of hydrogen-bond acceptors (Lipinski definition) is 5. The first-order valence-electron chi connectivity index (χ1n) is 5.63. The molecule has 0 aromatic carbocycles. The van der Waals surface area contributed by atoms with Gasteiger partial charge >= 0.3 is 0 Å². The summed E-state index contributed by atoms with van der Waals surface area (Å²) in [6.45, 7) is 6.13. The van der Waals surface area contributed by atoms with Crippen molar-refractivity contribution in [2.75, 3.05) is 5.75 Å². The van der Waals surface area contributed by atoms with Crippen molar-refractivity contribution in [3.05, 3.63) is 30.7 Å². The third kappa shape index (κ3) is 2.87. The highest BCUT2D eigenvalue weighted by molar-refractivity contribution is 7.99. The van der Waals surface area contributed by atoms with E-state index < -0.39 is 0 Å². The Labute approximate surface area is 114 Å². The topological polar surface area (TPSA) is 86.9 Å². The maximum absolute atomic E-state index is 10.8. The maximum Gasteiger partial charge on any atom is 0.227 e. The minimum absolute atomic E-state index is 0.166. The Bertz CT molecular complexity index is 603. The van der Waals surface area contributed by atoms with Gasteiger partial charge in [-0.15, -0.1) is 16.8 Å². The van der Waals surface area contributed by atoms with Crippen LogP contribution in [0, 0.1) is 6.92 Å². The highest BCUT2D eigenvalue weighted by Crippen LogP contribution is 2.26. The van der Waals surface area contributed by atoms with Gasteiger partial charge in [0, 0.05) is 6.54 Å². The number of rotatable bonds is 6. The van der Waals surface area contributed by atoms with E-state index in [0.717, 1.165) is 11.3 Å². The maximum atomic E-state index is 10.8. The SMILES string of the molecule is C=CCn1c(SCC(N)=O)nnc1-c1ccoc1C. The van der Waals surface area contributed by atoms with E-state index in [0.29, 0.717) is 17.5 Å². The van der Waals surface area contributed by atoms with Gasteiger partial charge in [-0.25, -0.2) is 0 Å². The molecule has 2 N–H and O–H groups in total. The molecule has 2 heterocycles. The highest BCUT2D eigenvalue weighted by Gasteiger charge is 2.16. The zero-order chi connectivity index (χ0) is 13.8. The fourth-order valence-electron chi connectivity index (χ4n) is 1.64. The van der Waals surface area contributed by atoms with Gasteiger partial charge in [-0.3, -0.25) is 9.36 Å². The van der Waals surface area contributed by atoms with Gasteiger partial charge in [0.2, 0.25) is 5.91 Å². The summed E-state index contributed by atoms with van der Waals surface area (Å²) in [7, 11) is 0. The molecule has 0 aliphatic rings. The van der Waals surface area contributed by atoms with E-state index in [1.165, 1.54) is 11.8 Å². The second-order valence-corrected chi connectivity index (χ2v) is 4.79. The molecule has 0 unspecified atom stereocenters. The molecule has 2 aromatic heterocycles. The zero-order valence-electron chi connectivity index (χ0n) is 10.5. The number of aryl methyl sites for hydroxylation is 1. The van der Waals surface area contributed by atoms with Crippen molar-refractivity contribution in [2.24, 2.45) is 5.73 Å². The van der Waals surface area contributed by atoms with Gasteiger partial charge in [-0.1, -0.05) is 17.8 Å². The van der Waals surface area contributed by atoms with E-state index in [1.807, 2.05) is 17.6 Å². The minimum Gasteiger partial charge on any atom is -0.469 e. The Hall–Kier alpha value is -2.02. The summed E-state index contributed by atoms with van der Waals surface area (Å²) in [5.41, 5.74) is 6.01. The van der Waals surface area contributed by atoms with E-state index in [2.05, 4.69) is 16.8 Å². The number of carbonyl (C=O) groups excluding carboxylic acids is 1. The van der Waals surface area contributed by atoms with Crippen molar-refractivity contribution < 1.29 is 9.21 Å². The first kappa shape index (κ1) is 13.4. The predicted molar refractivity (Wildman–Crippen MR) is 72.6 cm³/mol. The summed E-state index contributed by atoms with van der Waals surface area (Å²) < 4.78 is 7.15. The summed E-state index contributed by atoms with van der Waals surface area (Å²) in [5, 5.41) is 8.86. The first-order valence-corrected chi connectivity index (χ1v) is 6.61. The lowest BCUT2D eigenvalue weighted by Crippen LogP contribution is -2.13. The Morgan fingerprint density at radius 2 is 2.42 bits per heavy atom. The van der Waals surface area contributed by atoms with Crippen LogP contribution < -0.4 is 5.73 Å². The number of thioether (sulfide) groups is 1. The monoisotopic (exact) mass is 278 g/mol. The standard InChI is InChI=1S/C12H14N4O2S/c1-3-5-16-11(9-4-6-18-8(9)2)14-15-12(16)19-7-10(13)17/h3-4,6H,1,5,7H2,2H3,(H2,13,17). The van der Waals surface area contributed by atoms with Crippen LogP contribution in [0.2, 0.25) is 0 Å². The molecule has 2 aromatic rings. The molecule has 2 rings (SSSR count). The van der Waals surface area contributed by atoms with Crippen LogP contribution in [-0.4, -0.2) is 26.4 Å². The second kappa shape index (κ2) is 5.75. The lowest BCUT2D eigenvalue weighted by molar-refractivity contribution is -0.115. The van der Waals surface area contributed by atoms with Crippen LogP contribution in [-0.2, 0) is 11.3 Å². The summed E-state index contributed by atoms with van der Waals surface area (Å²) in [6.07, 6.45) is 3.35. The molecule has 0 saturated carbocycles. The molecule has 19 heavy (non-hydrogen) atoms. The first-order chi connectivity index (χ1) is 9.13. The van der Waals surface area contributed by atoms with Gasteiger partial charge in [-0.2, -0.15) is 0 Å². The summed E-state index contributed by atoms with van der Waals surface area (Å²) in [5.74, 6) is 1.24. The van der Waals surface area contributed by atoms with Gasteiger partial charge in [0.25, 0.3) is 0 Å². The smallest absolute Gasteiger partial charge is 0.227 e. The number of nitrogens with two attached hydrogens (primary N) is 1. The van der Waals surface area contributed by atoms with Gasteiger partial charge < -0.3 is 10.2 Å². The molecule has 0 spiro atoms. The van der Waals surface area contributed by atoms with Crippen LogP contribution in [0.15, 0.2) is 34.6 Å². The van der Waals surface area contributed by atoms with Crippen molar-refractivity contribution in [1.82, 2.24) is 14.8 Å². The van der Waals surface area contributed by atoms with Crippen molar-refractivity contribution >= 4 is 17.7 Å². The number of furan rings is 1. The van der Waals surface area contributed by atoms with E-state index in [-0.39, 0.29) is 11.7 Å². The van der Waals surface area contributed by atoms with E-state index in [4.69, 9.17) is 10.2 Å². The fourth-order valence-corrected chi connectivity index (χ4v) is 2.33. The number of carbonyl (C=O) groups is 1. The number of allylic oxidation sites excluding steroid dienone is 1. The Morgan fingerprint density at radius 1 is 1.63 bits per heavy atom. The Kier molecular flexibility index (Phi) is 4.06. The van der Waals surface area contributed by atoms with Crippen LogP contribution in [0.3, 0.4) is 0 Å². The van der Waals surface area contributed by atoms with E-state index >= 15 is 0 Å². The zero-order valence-corrected chi connectivity index (χ0v) is 11.3. The van der Waals surface area contributed by atoms with Crippen molar-refractivity contribution in [3.63, 3.8) is 0 Å². The molecule has 0 aliphatic carbocycles. The number of nitrogens with zero attached hydrogens (tertiary/aromatic N) is 3. The fraction of sp³-hybridized carbons (Fsp3) is 0.250. The Balaban J connectivity index is 2.36. The van der Waals surface area contributed by atoms with E-state index in [1.54, 1.807) is 12.3 Å². The largest absolute Gasteiger partial charge is 0.469 e. The molecule has 0 saturated heterocycles. The molecule has 1 amide bonds. The molecule has 0 fully saturated rings. The van der Waals surface area contributed by atoms with Crippen LogP contribution in [0.25, 0.3) is 11.4 Å². The van der Waals surface area contributed by atoms with Gasteiger partial charge in [0.05, 0.1) is 17.6 Å². The highest BCUT2D eigenvalue weighted by atomic mass is 32.2. The molecule has 0 bridgehead atoms. The minimum atomic E-state index is -0.390. The molecule has 7 heteroatoms. The second-order valence-electron chi connectivity index (χ2n) is 3.85. The predicted octanol–water partition coefficient (Wildman–Crippen LogP) is 1.61. The van der Waals surface area contributed by atoms with Crippen LogP contribution in [0.1, 0.15) is 5.76 Å². The van der Waals surface area contributed by atoms with Crippen molar-refractivity contribution in [1.29, 1.82) is 0 Å². The molecule has 6 nitrogen and oxygen atoms in total. The Morgan fingerprint density at radius 3 is 3.00 bits per heavy atom. The number of hydrogen-bond donors (Lipinski definition) is 1. The van der Waals surface area contributed by atoms with Gasteiger partial charge in [-0.05, 0) is 13.0 Å². The molecule has 0 radical (unpaired) electrons. The van der Waals surface area contributed by atoms with Crippen LogP contribution in [0.4, 0.5) is 0 Å². The molecule has 100 valence electrons. The third-order valence-corrected chi connectivity index (χ3v) is 3.46. The summed E-state index contributed by atoms with van der Waals surface area (Å²) in [4.78, 5) is 10.8. The molecule has 0 atom stereocenters. The number of aromatic nitrogens is 3. The number of amides is 1. The average molecular weight is 278 g/mol. The normalized spacial score (nSPS) is 10.6. The molecular weight excluding hydrogens is 264 g/mol. The van der Waals surface area contributed by atoms with Crippen molar-refractivity contribution in [2.45, 2.75) is 18.6 Å². The third-order valence-electron chi connectivity index (χ3n) is 2.47. The number of primary amides is 1. The molecular formula is C12H14N4O2S. The summed E-state index contributed by atoms with van der Waals surface area (Å²) in [6, 6.07) is 1.83. The van der Waals surface area contributed by atoms with Gasteiger partial charge in [0.15, 0.2) is 11.0 Å². The van der Waals surface area contributed by atoms with Crippen LogP contribution >= 0.6 is 11.8 Å². The van der Waals surface area contributed by atoms with Gasteiger partial charge in [0.1, 0.15) is 5.76 Å². The lowest BCUT2D eigenvalue weighted by Gasteiger charge is -2.06.